The Kier molecular flexibility index (Phi) is 8.31. The first-order chi connectivity index (χ1) is 21.8. The lowest BCUT2D eigenvalue weighted by atomic mass is 9.80. The van der Waals surface area contributed by atoms with Crippen LogP contribution in [0.1, 0.15) is 61.1 Å². The molecule has 1 aromatic carbocycles. The first-order valence-electron chi connectivity index (χ1n) is 15.6. The Hall–Kier alpha value is -4.96. The number of benzene rings is 1. The maximum atomic E-state index is 4.45. The van der Waals surface area contributed by atoms with Crippen LogP contribution in [0, 0.1) is 5.92 Å². The Bertz CT molecular complexity index is 1800. The van der Waals surface area contributed by atoms with Gasteiger partial charge in [0.25, 0.3) is 0 Å². The highest BCUT2D eigenvalue weighted by molar-refractivity contribution is 5.82. The molecule has 2 atom stereocenters. The molecule has 0 N–H and O–H groups in total. The molecule has 0 saturated heterocycles. The summed E-state index contributed by atoms with van der Waals surface area (Å²) in [7, 11) is 0. The van der Waals surface area contributed by atoms with Gasteiger partial charge in [0.05, 0.1) is 0 Å². The van der Waals surface area contributed by atoms with Crippen LogP contribution < -0.4 is 0 Å². The number of rotatable bonds is 7. The molecule has 216 valence electrons. The van der Waals surface area contributed by atoms with Gasteiger partial charge in [-0.2, -0.15) is 0 Å². The minimum absolute atomic E-state index is 0.270. The molecule has 2 aliphatic carbocycles. The van der Waals surface area contributed by atoms with E-state index in [1.807, 2.05) is 49.3 Å². The van der Waals surface area contributed by atoms with Gasteiger partial charge in [-0.05, 0) is 107 Å². The zero-order valence-corrected chi connectivity index (χ0v) is 24.9. The fourth-order valence-corrected chi connectivity index (χ4v) is 6.51. The van der Waals surface area contributed by atoms with E-state index in [0.717, 1.165) is 44.1 Å². The zero-order valence-electron chi connectivity index (χ0n) is 24.9. The predicted molar refractivity (Wildman–Crippen MR) is 183 cm³/mol. The third kappa shape index (κ3) is 6.50. The van der Waals surface area contributed by atoms with Gasteiger partial charge in [0.15, 0.2) is 0 Å². The van der Waals surface area contributed by atoms with Crippen LogP contribution >= 0.6 is 0 Å². The van der Waals surface area contributed by atoms with Gasteiger partial charge in [0.1, 0.15) is 0 Å². The van der Waals surface area contributed by atoms with Crippen LogP contribution in [0.2, 0.25) is 0 Å². The number of nitrogens with zero attached hydrogens (tertiary/aromatic N) is 4. The highest BCUT2D eigenvalue weighted by atomic mass is 14.7. The van der Waals surface area contributed by atoms with E-state index < -0.39 is 0 Å². The van der Waals surface area contributed by atoms with Crippen molar-refractivity contribution < 1.29 is 0 Å². The third-order valence-electron chi connectivity index (χ3n) is 8.79. The molecule has 0 fully saturated rings. The summed E-state index contributed by atoms with van der Waals surface area (Å²) in [5.74, 6) is 0.706. The summed E-state index contributed by atoms with van der Waals surface area (Å²) < 4.78 is 0. The Balaban J connectivity index is 1.19. The van der Waals surface area contributed by atoms with Gasteiger partial charge < -0.3 is 0 Å². The minimum Gasteiger partial charge on any atom is -0.269 e. The van der Waals surface area contributed by atoms with Crippen LogP contribution in [-0.4, -0.2) is 22.4 Å². The topological polar surface area (TPSA) is 50.5 Å². The van der Waals surface area contributed by atoms with Crippen molar-refractivity contribution >= 4 is 23.6 Å². The molecule has 44 heavy (non-hydrogen) atoms. The molecule has 4 heteroatoms. The van der Waals surface area contributed by atoms with Crippen LogP contribution in [-0.2, 0) is 0 Å². The smallest absolute Gasteiger partial charge is 0.0346 e. The first kappa shape index (κ1) is 27.8. The minimum atomic E-state index is 0.270. The molecule has 4 nitrogen and oxygen atoms in total. The van der Waals surface area contributed by atoms with E-state index in [1.54, 1.807) is 0 Å². The van der Waals surface area contributed by atoms with Crippen molar-refractivity contribution in [1.29, 1.82) is 0 Å². The molecular formula is C40H36N4. The first-order valence-corrected chi connectivity index (χ1v) is 15.6. The molecule has 3 aromatic rings. The number of pyridine rings is 2. The number of aromatic nitrogens is 2. The lowest BCUT2D eigenvalue weighted by molar-refractivity contribution is 0.617. The quantitative estimate of drug-likeness (QED) is 0.283. The molecule has 2 aliphatic heterocycles. The lowest BCUT2D eigenvalue weighted by Gasteiger charge is -2.25. The fraction of sp³-hybridized carbons (Fsp3) is 0.200. The van der Waals surface area contributed by atoms with Crippen molar-refractivity contribution in [1.82, 2.24) is 9.97 Å². The summed E-state index contributed by atoms with van der Waals surface area (Å²) in [5, 5.41) is 0. The summed E-state index contributed by atoms with van der Waals surface area (Å²) in [5.41, 5.74) is 12.7. The number of aliphatic imine (C=N–C) groups is 2. The molecule has 2 aromatic heterocycles. The van der Waals surface area contributed by atoms with E-state index in [-0.39, 0.29) is 5.92 Å². The van der Waals surface area contributed by atoms with Crippen molar-refractivity contribution in [2.75, 3.05) is 0 Å². The van der Waals surface area contributed by atoms with Gasteiger partial charge in [-0.3, -0.25) is 20.0 Å². The normalized spacial score (nSPS) is 21.1. The zero-order chi connectivity index (χ0) is 29.6. The van der Waals surface area contributed by atoms with Crippen LogP contribution in [0.3, 0.4) is 0 Å². The van der Waals surface area contributed by atoms with Gasteiger partial charge >= 0.3 is 0 Å². The summed E-state index contributed by atoms with van der Waals surface area (Å²) in [6.07, 6.45) is 37.9. The summed E-state index contributed by atoms with van der Waals surface area (Å²) >= 11 is 0. The molecule has 4 aliphatic rings. The summed E-state index contributed by atoms with van der Waals surface area (Å²) in [6, 6.07) is 15.3. The van der Waals surface area contributed by atoms with E-state index in [0.29, 0.717) is 5.92 Å². The molecule has 2 unspecified atom stereocenters. The maximum absolute atomic E-state index is 4.45. The Morgan fingerprint density at radius 2 is 1.70 bits per heavy atom. The highest BCUT2D eigenvalue weighted by Crippen LogP contribution is 2.38. The van der Waals surface area contributed by atoms with Gasteiger partial charge in [0.2, 0.25) is 0 Å². The third-order valence-corrected chi connectivity index (χ3v) is 8.79. The van der Waals surface area contributed by atoms with Crippen molar-refractivity contribution in [3.63, 3.8) is 0 Å². The van der Waals surface area contributed by atoms with Crippen LogP contribution in [0.4, 0.5) is 0 Å². The maximum Gasteiger partial charge on any atom is 0.0346 e. The van der Waals surface area contributed by atoms with Crippen LogP contribution in [0.25, 0.3) is 22.3 Å². The monoisotopic (exact) mass is 572 g/mol. The highest BCUT2D eigenvalue weighted by Gasteiger charge is 2.21. The second-order valence-corrected chi connectivity index (χ2v) is 11.9. The molecule has 0 bridgehead atoms. The summed E-state index contributed by atoms with van der Waals surface area (Å²) in [6.45, 7) is 0. The molecular weight excluding hydrogens is 536 g/mol. The van der Waals surface area contributed by atoms with Gasteiger partial charge in [-0.1, -0.05) is 72.4 Å². The van der Waals surface area contributed by atoms with Crippen molar-refractivity contribution in [3.8, 4) is 11.1 Å². The molecule has 0 radical (unpaired) electrons. The van der Waals surface area contributed by atoms with E-state index in [4.69, 9.17) is 0 Å². The molecule has 0 saturated carbocycles. The van der Waals surface area contributed by atoms with Crippen molar-refractivity contribution in [2.24, 2.45) is 15.9 Å². The Morgan fingerprint density at radius 3 is 2.48 bits per heavy atom. The lowest BCUT2D eigenvalue weighted by Crippen LogP contribution is -2.09. The van der Waals surface area contributed by atoms with Gasteiger partial charge in [0, 0.05) is 61.1 Å². The Morgan fingerprint density at radius 1 is 0.841 bits per heavy atom. The summed E-state index contributed by atoms with van der Waals surface area (Å²) in [4.78, 5) is 17.7. The molecule has 4 heterocycles. The average Bonchev–Trinajstić information content (AvgIpc) is 3.36. The second-order valence-electron chi connectivity index (χ2n) is 11.9. The van der Waals surface area contributed by atoms with E-state index >= 15 is 0 Å². The van der Waals surface area contributed by atoms with Gasteiger partial charge in [-0.25, -0.2) is 0 Å². The van der Waals surface area contributed by atoms with Crippen LogP contribution in [0.5, 0.6) is 0 Å². The molecule has 0 spiro atoms. The molecule has 7 rings (SSSR count). The van der Waals surface area contributed by atoms with Gasteiger partial charge in [-0.15, -0.1) is 0 Å². The number of allylic oxidation sites excluding steroid dienone is 12. The van der Waals surface area contributed by atoms with Crippen LogP contribution in [0.15, 0.2) is 149 Å². The molecule has 0 amide bonds. The standard InChI is InChI=1S/C40H36N4/c1-7-31(36-19-30(18-29-6-2-14-41-25-29)20-37(21-36)33-9-3-15-42-26-33)12-13-32(8-1)38-22-39(34-10-4-16-43-27-34)24-40(23-38)35-11-5-17-44-28-35/h1,3-5,7-10,13-17,20-28,30,35H,2,6,11-12,18-19H2. The van der Waals surface area contributed by atoms with Crippen molar-refractivity contribution in [3.05, 3.63) is 156 Å². The SMILES string of the molecule is C1=CC(c2cc(-c3cccnc3)cc(C3C=NC=CC3)c2)=CCC(C2=CC(c3cccnc3)=CC(CC3=CN=CCC3)C2)=C1. The predicted octanol–water partition coefficient (Wildman–Crippen LogP) is 9.65. The largest absolute Gasteiger partial charge is 0.269 e. The number of hydrogen-bond donors (Lipinski definition) is 0. The Labute approximate surface area is 260 Å². The van der Waals surface area contributed by atoms with E-state index in [2.05, 4.69) is 105 Å². The van der Waals surface area contributed by atoms with Crippen molar-refractivity contribution in [2.45, 2.75) is 44.4 Å². The van der Waals surface area contributed by atoms with E-state index in [1.165, 1.54) is 50.1 Å². The average molecular weight is 573 g/mol. The second kappa shape index (κ2) is 13.1. The van der Waals surface area contributed by atoms with E-state index in [9.17, 15) is 0 Å². The fourth-order valence-electron chi connectivity index (χ4n) is 6.51. The number of hydrogen-bond acceptors (Lipinski definition) is 4.